The third kappa shape index (κ3) is 4.32. The van der Waals surface area contributed by atoms with Crippen LogP contribution < -0.4 is 0 Å². The Morgan fingerprint density at radius 3 is 2.47 bits per heavy atom. The fourth-order valence-electron chi connectivity index (χ4n) is 1.71. The van der Waals surface area contributed by atoms with Gasteiger partial charge in [-0.2, -0.15) is 0 Å². The second kappa shape index (κ2) is 5.98. The molecule has 0 radical (unpaired) electrons. The molecule has 0 saturated carbocycles. The Hall–Kier alpha value is -1.13. The zero-order valence-electron chi connectivity index (χ0n) is 11.0. The van der Waals surface area contributed by atoms with Crippen LogP contribution in [0.1, 0.15) is 32.2 Å². The summed E-state index contributed by atoms with van der Waals surface area (Å²) in [6.07, 6.45) is -0.385. The molecule has 17 heavy (non-hydrogen) atoms. The minimum Gasteiger partial charge on any atom is -0.506 e. The lowest BCUT2D eigenvalue weighted by atomic mass is 10.2. The SMILES string of the molecule is Cc1ccc(O)c(CN(C[C@H](C)O)C(C)C)n1. The average Bonchev–Trinajstić information content (AvgIpc) is 2.21. The molecule has 2 N–H and O–H groups in total. The highest BCUT2D eigenvalue weighted by Gasteiger charge is 2.15. The van der Waals surface area contributed by atoms with Crippen molar-refractivity contribution in [3.8, 4) is 5.75 Å². The quantitative estimate of drug-likeness (QED) is 0.819. The Balaban J connectivity index is 2.81. The fraction of sp³-hybridized carbons (Fsp3) is 0.615. The van der Waals surface area contributed by atoms with E-state index >= 15 is 0 Å². The highest BCUT2D eigenvalue weighted by molar-refractivity contribution is 5.27. The Morgan fingerprint density at radius 2 is 1.94 bits per heavy atom. The molecule has 0 aromatic carbocycles. The van der Waals surface area contributed by atoms with Crippen LogP contribution in [0.25, 0.3) is 0 Å². The zero-order chi connectivity index (χ0) is 13.0. The molecule has 1 heterocycles. The first-order valence-corrected chi connectivity index (χ1v) is 5.97. The number of nitrogens with zero attached hydrogens (tertiary/aromatic N) is 2. The summed E-state index contributed by atoms with van der Waals surface area (Å²) in [5, 5.41) is 19.2. The fourth-order valence-corrected chi connectivity index (χ4v) is 1.71. The van der Waals surface area contributed by atoms with E-state index in [1.165, 1.54) is 0 Å². The van der Waals surface area contributed by atoms with E-state index in [0.29, 0.717) is 24.8 Å². The van der Waals surface area contributed by atoms with E-state index in [2.05, 4.69) is 23.7 Å². The van der Waals surface area contributed by atoms with Crippen LogP contribution in [-0.2, 0) is 6.54 Å². The van der Waals surface area contributed by atoms with Gasteiger partial charge in [0.2, 0.25) is 0 Å². The van der Waals surface area contributed by atoms with Gasteiger partial charge in [-0.15, -0.1) is 0 Å². The highest BCUT2D eigenvalue weighted by Crippen LogP contribution is 2.18. The van der Waals surface area contributed by atoms with Gasteiger partial charge in [-0.05, 0) is 39.8 Å². The Morgan fingerprint density at radius 1 is 1.29 bits per heavy atom. The first-order chi connectivity index (χ1) is 7.90. The zero-order valence-corrected chi connectivity index (χ0v) is 11.0. The third-order valence-electron chi connectivity index (χ3n) is 2.67. The van der Waals surface area contributed by atoms with E-state index in [-0.39, 0.29) is 11.9 Å². The first-order valence-electron chi connectivity index (χ1n) is 5.97. The molecule has 0 aliphatic heterocycles. The lowest BCUT2D eigenvalue weighted by molar-refractivity contribution is 0.101. The number of aromatic hydroxyl groups is 1. The molecule has 4 heteroatoms. The Labute approximate surface area is 103 Å². The lowest BCUT2D eigenvalue weighted by Gasteiger charge is -2.27. The standard InChI is InChI=1S/C13H22N2O2/c1-9(2)15(7-11(4)16)8-12-13(17)6-5-10(3)14-12/h5-6,9,11,16-17H,7-8H2,1-4H3/t11-/m0/s1. The number of aliphatic hydroxyl groups excluding tert-OH is 1. The second-order valence-electron chi connectivity index (χ2n) is 4.79. The molecule has 0 saturated heterocycles. The van der Waals surface area contributed by atoms with Gasteiger partial charge < -0.3 is 10.2 Å². The van der Waals surface area contributed by atoms with Gasteiger partial charge in [-0.25, -0.2) is 0 Å². The normalized spacial score (nSPS) is 13.4. The van der Waals surface area contributed by atoms with Crippen LogP contribution in [0, 0.1) is 6.92 Å². The average molecular weight is 238 g/mol. The minimum atomic E-state index is -0.385. The molecule has 1 aromatic heterocycles. The third-order valence-corrected chi connectivity index (χ3v) is 2.67. The maximum Gasteiger partial charge on any atom is 0.138 e. The number of aromatic nitrogens is 1. The molecular formula is C13H22N2O2. The van der Waals surface area contributed by atoms with Crippen molar-refractivity contribution in [2.45, 2.75) is 46.4 Å². The smallest absolute Gasteiger partial charge is 0.138 e. The van der Waals surface area contributed by atoms with Crippen molar-refractivity contribution in [1.29, 1.82) is 0 Å². The van der Waals surface area contributed by atoms with E-state index in [4.69, 9.17) is 0 Å². The molecule has 0 spiro atoms. The van der Waals surface area contributed by atoms with Gasteiger partial charge in [0.15, 0.2) is 0 Å². The van der Waals surface area contributed by atoms with Crippen LogP contribution in [-0.4, -0.2) is 38.8 Å². The molecule has 0 fully saturated rings. The number of aryl methyl sites for hydroxylation is 1. The molecule has 1 atom stereocenters. The van der Waals surface area contributed by atoms with Crippen molar-refractivity contribution in [3.63, 3.8) is 0 Å². The van der Waals surface area contributed by atoms with Crippen LogP contribution >= 0.6 is 0 Å². The maximum absolute atomic E-state index is 9.75. The number of rotatable bonds is 5. The summed E-state index contributed by atoms with van der Waals surface area (Å²) in [6, 6.07) is 3.75. The Bertz CT molecular complexity index is 364. The van der Waals surface area contributed by atoms with Crippen LogP contribution in [0.2, 0.25) is 0 Å². The van der Waals surface area contributed by atoms with Crippen molar-refractivity contribution in [1.82, 2.24) is 9.88 Å². The predicted octanol–water partition coefficient (Wildman–Crippen LogP) is 1.69. The topological polar surface area (TPSA) is 56.6 Å². The monoisotopic (exact) mass is 238 g/mol. The van der Waals surface area contributed by atoms with E-state index in [1.807, 2.05) is 6.92 Å². The summed E-state index contributed by atoms with van der Waals surface area (Å²) >= 11 is 0. The second-order valence-corrected chi connectivity index (χ2v) is 4.79. The predicted molar refractivity (Wildman–Crippen MR) is 67.9 cm³/mol. The van der Waals surface area contributed by atoms with Crippen molar-refractivity contribution < 1.29 is 10.2 Å². The summed E-state index contributed by atoms with van der Waals surface area (Å²) in [4.78, 5) is 6.42. The summed E-state index contributed by atoms with van der Waals surface area (Å²) in [7, 11) is 0. The number of aliphatic hydroxyl groups is 1. The van der Waals surface area contributed by atoms with Crippen molar-refractivity contribution >= 4 is 0 Å². The summed E-state index contributed by atoms with van der Waals surface area (Å²) in [6.45, 7) is 8.92. The van der Waals surface area contributed by atoms with Gasteiger partial charge in [-0.1, -0.05) is 0 Å². The molecular weight excluding hydrogens is 216 g/mol. The molecule has 0 unspecified atom stereocenters. The van der Waals surface area contributed by atoms with Crippen LogP contribution in [0.15, 0.2) is 12.1 Å². The molecule has 0 aliphatic rings. The summed E-state index contributed by atoms with van der Waals surface area (Å²) in [5.41, 5.74) is 1.55. The summed E-state index contributed by atoms with van der Waals surface area (Å²) < 4.78 is 0. The molecule has 0 aliphatic carbocycles. The molecule has 1 aromatic rings. The number of hydrogen-bond acceptors (Lipinski definition) is 4. The van der Waals surface area contributed by atoms with E-state index in [0.717, 1.165) is 5.69 Å². The van der Waals surface area contributed by atoms with Crippen LogP contribution in [0.4, 0.5) is 0 Å². The van der Waals surface area contributed by atoms with Crippen molar-refractivity contribution in [3.05, 3.63) is 23.5 Å². The minimum absolute atomic E-state index is 0.215. The van der Waals surface area contributed by atoms with Gasteiger partial charge in [0.25, 0.3) is 0 Å². The largest absolute Gasteiger partial charge is 0.506 e. The molecule has 4 nitrogen and oxygen atoms in total. The molecule has 0 amide bonds. The van der Waals surface area contributed by atoms with Crippen molar-refractivity contribution in [2.24, 2.45) is 0 Å². The highest BCUT2D eigenvalue weighted by atomic mass is 16.3. The molecule has 1 rings (SSSR count). The van der Waals surface area contributed by atoms with Gasteiger partial charge in [0, 0.05) is 24.8 Å². The Kier molecular flexibility index (Phi) is 4.90. The van der Waals surface area contributed by atoms with Crippen LogP contribution in [0.3, 0.4) is 0 Å². The van der Waals surface area contributed by atoms with E-state index < -0.39 is 0 Å². The van der Waals surface area contributed by atoms with Gasteiger partial charge >= 0.3 is 0 Å². The van der Waals surface area contributed by atoms with Gasteiger partial charge in [0.1, 0.15) is 5.75 Å². The van der Waals surface area contributed by atoms with Gasteiger partial charge in [0.05, 0.1) is 11.8 Å². The first kappa shape index (κ1) is 13.9. The van der Waals surface area contributed by atoms with Crippen LogP contribution in [0.5, 0.6) is 5.75 Å². The van der Waals surface area contributed by atoms with Gasteiger partial charge in [-0.3, -0.25) is 9.88 Å². The number of hydrogen-bond donors (Lipinski definition) is 2. The van der Waals surface area contributed by atoms with E-state index in [9.17, 15) is 10.2 Å². The van der Waals surface area contributed by atoms with E-state index in [1.54, 1.807) is 19.1 Å². The van der Waals surface area contributed by atoms with Crippen molar-refractivity contribution in [2.75, 3.05) is 6.54 Å². The maximum atomic E-state index is 9.75. The number of pyridine rings is 1. The summed E-state index contributed by atoms with van der Waals surface area (Å²) in [5.74, 6) is 0.215. The molecule has 0 bridgehead atoms. The lowest BCUT2D eigenvalue weighted by Crippen LogP contribution is -2.36. The molecule has 96 valence electrons.